The zero-order valence-corrected chi connectivity index (χ0v) is 15.4. The van der Waals surface area contributed by atoms with E-state index in [1.165, 1.54) is 29.1 Å². The maximum Gasteiger partial charge on any atom is 0.286 e. The monoisotopic (exact) mass is 371 g/mol. The third-order valence-electron chi connectivity index (χ3n) is 4.62. The van der Waals surface area contributed by atoms with E-state index in [0.717, 1.165) is 42.6 Å². The van der Waals surface area contributed by atoms with Crippen LogP contribution in [0.25, 0.3) is 10.6 Å². The molecule has 1 saturated heterocycles. The summed E-state index contributed by atoms with van der Waals surface area (Å²) in [7, 11) is 3.23. The molecule has 0 radical (unpaired) electrons. The summed E-state index contributed by atoms with van der Waals surface area (Å²) >= 11 is 1.38. The Balaban J connectivity index is 1.74. The molecule has 0 bridgehead atoms. The number of alkyl halides is 2. The van der Waals surface area contributed by atoms with Crippen LogP contribution in [0.1, 0.15) is 36.6 Å². The van der Waals surface area contributed by atoms with Crippen molar-refractivity contribution in [3.63, 3.8) is 0 Å². The lowest BCUT2D eigenvalue weighted by atomic mass is 10.1. The minimum Gasteiger partial charge on any atom is -0.381 e. The van der Waals surface area contributed by atoms with Crippen molar-refractivity contribution in [3.05, 3.63) is 28.8 Å². The van der Waals surface area contributed by atoms with Crippen LogP contribution in [0.4, 0.5) is 8.78 Å². The third kappa shape index (κ3) is 3.92. The van der Waals surface area contributed by atoms with Crippen LogP contribution < -0.4 is 0 Å². The first kappa shape index (κ1) is 18.4. The average molecular weight is 371 g/mol. The van der Waals surface area contributed by atoms with Crippen LogP contribution in [-0.4, -0.2) is 46.1 Å². The van der Waals surface area contributed by atoms with Gasteiger partial charge in [0.1, 0.15) is 17.6 Å². The molecule has 0 aliphatic carbocycles. The Morgan fingerprint density at radius 3 is 2.60 bits per heavy atom. The third-order valence-corrected chi connectivity index (χ3v) is 5.77. The number of hydrogen-bond acceptors (Lipinski definition) is 5. The first-order chi connectivity index (χ1) is 11.8. The molecular weight excluding hydrogens is 348 g/mol. The minimum absolute atomic E-state index is 0.125. The quantitative estimate of drug-likeness (QED) is 0.876. The average Bonchev–Trinajstić information content (AvgIpc) is 3.20. The Labute approximate surface area is 149 Å². The summed E-state index contributed by atoms with van der Waals surface area (Å²) in [5.74, 6) is -2.94. The maximum atomic E-state index is 13.6. The minimum atomic E-state index is -2.94. The first-order valence-electron chi connectivity index (χ1n) is 8.27. The summed E-state index contributed by atoms with van der Waals surface area (Å²) in [5.41, 5.74) is 0.375. The van der Waals surface area contributed by atoms with E-state index in [1.807, 2.05) is 17.0 Å². The smallest absolute Gasteiger partial charge is 0.286 e. The fourth-order valence-electron chi connectivity index (χ4n) is 3.16. The molecule has 5 nitrogen and oxygen atoms in total. The number of nitrogens with zero attached hydrogens (tertiary/aromatic N) is 3. The number of hydrogen-bond donors (Lipinski definition) is 1. The van der Waals surface area contributed by atoms with Gasteiger partial charge in [-0.15, -0.1) is 11.3 Å². The number of halogens is 2. The Kier molecular flexibility index (Phi) is 5.24. The van der Waals surface area contributed by atoms with Gasteiger partial charge in [0.2, 0.25) is 0 Å². The molecule has 1 unspecified atom stereocenters. The SMILES string of the molecule is COC1CCN(C(O)c2ccc(-c3cc(C(C)(F)F)n(C)n3)s2)CC1. The molecule has 3 heterocycles. The lowest BCUT2D eigenvalue weighted by Gasteiger charge is -2.34. The van der Waals surface area contributed by atoms with E-state index < -0.39 is 12.2 Å². The van der Waals surface area contributed by atoms with E-state index in [2.05, 4.69) is 5.10 Å². The van der Waals surface area contributed by atoms with Crippen molar-refractivity contribution in [1.29, 1.82) is 0 Å². The predicted octanol–water partition coefficient (Wildman–Crippen LogP) is 3.36. The van der Waals surface area contributed by atoms with Crippen molar-refractivity contribution in [2.24, 2.45) is 7.05 Å². The summed E-state index contributed by atoms with van der Waals surface area (Å²) in [4.78, 5) is 3.57. The highest BCUT2D eigenvalue weighted by molar-refractivity contribution is 7.15. The van der Waals surface area contributed by atoms with Gasteiger partial charge in [-0.3, -0.25) is 9.58 Å². The molecule has 8 heteroatoms. The topological polar surface area (TPSA) is 50.5 Å². The highest BCUT2D eigenvalue weighted by atomic mass is 32.1. The number of aryl methyl sites for hydroxylation is 1. The zero-order valence-electron chi connectivity index (χ0n) is 14.6. The lowest BCUT2D eigenvalue weighted by molar-refractivity contribution is -0.0418. The fraction of sp³-hybridized carbons (Fsp3) is 0.588. The van der Waals surface area contributed by atoms with Crippen molar-refractivity contribution < 1.29 is 18.6 Å². The molecule has 0 amide bonds. The molecule has 2 aromatic heterocycles. The number of aliphatic hydroxyl groups is 1. The highest BCUT2D eigenvalue weighted by Crippen LogP contribution is 2.35. The van der Waals surface area contributed by atoms with Gasteiger partial charge in [0.25, 0.3) is 5.92 Å². The Hall–Kier alpha value is -1.35. The maximum absolute atomic E-state index is 13.6. The molecule has 1 atom stereocenters. The molecule has 0 saturated carbocycles. The summed E-state index contributed by atoms with van der Waals surface area (Å²) < 4.78 is 33.7. The van der Waals surface area contributed by atoms with Gasteiger partial charge < -0.3 is 9.84 Å². The van der Waals surface area contributed by atoms with Crippen LogP contribution >= 0.6 is 11.3 Å². The number of piperidine rings is 1. The molecule has 1 aliphatic heterocycles. The van der Waals surface area contributed by atoms with Crippen LogP contribution in [0, 0.1) is 0 Å². The lowest BCUT2D eigenvalue weighted by Crippen LogP contribution is -2.38. The largest absolute Gasteiger partial charge is 0.381 e. The molecule has 0 aromatic carbocycles. The number of methoxy groups -OCH3 is 1. The van der Waals surface area contributed by atoms with Gasteiger partial charge >= 0.3 is 0 Å². The normalized spacial score (nSPS) is 18.6. The van der Waals surface area contributed by atoms with Gasteiger partial charge in [-0.05, 0) is 31.0 Å². The van der Waals surface area contributed by atoms with Gasteiger partial charge in [-0.2, -0.15) is 13.9 Å². The van der Waals surface area contributed by atoms with Gasteiger partial charge in [0.15, 0.2) is 0 Å². The molecule has 1 aliphatic rings. The molecule has 138 valence electrons. The van der Waals surface area contributed by atoms with E-state index in [4.69, 9.17) is 4.74 Å². The van der Waals surface area contributed by atoms with Crippen LogP contribution in [0.3, 0.4) is 0 Å². The van der Waals surface area contributed by atoms with E-state index in [9.17, 15) is 13.9 Å². The van der Waals surface area contributed by atoms with Crippen LogP contribution in [0.15, 0.2) is 18.2 Å². The predicted molar refractivity (Wildman–Crippen MR) is 92.7 cm³/mol. The Bertz CT molecular complexity index is 718. The number of aromatic nitrogens is 2. The van der Waals surface area contributed by atoms with E-state index in [0.29, 0.717) is 5.69 Å². The molecule has 25 heavy (non-hydrogen) atoms. The Morgan fingerprint density at radius 2 is 2.04 bits per heavy atom. The molecule has 1 fully saturated rings. The van der Waals surface area contributed by atoms with Crippen molar-refractivity contribution in [2.45, 2.75) is 38.0 Å². The summed E-state index contributed by atoms with van der Waals surface area (Å²) in [6.07, 6.45) is 1.35. The summed E-state index contributed by atoms with van der Waals surface area (Å²) in [5, 5.41) is 14.8. The molecule has 0 spiro atoms. The fourth-order valence-corrected chi connectivity index (χ4v) is 4.15. The molecular formula is C17H23F2N3O2S. The second-order valence-corrected chi connectivity index (χ2v) is 7.59. The molecule has 3 rings (SSSR count). The van der Waals surface area contributed by atoms with Crippen molar-refractivity contribution >= 4 is 11.3 Å². The van der Waals surface area contributed by atoms with E-state index in [-0.39, 0.29) is 11.8 Å². The molecule has 1 N–H and O–H groups in total. The van der Waals surface area contributed by atoms with Crippen LogP contribution in [-0.2, 0) is 17.7 Å². The first-order valence-corrected chi connectivity index (χ1v) is 9.08. The van der Waals surface area contributed by atoms with Crippen molar-refractivity contribution in [2.75, 3.05) is 20.2 Å². The number of likely N-dealkylation sites (tertiary alicyclic amines) is 1. The number of rotatable bonds is 5. The number of aliphatic hydroxyl groups excluding tert-OH is 1. The van der Waals surface area contributed by atoms with Crippen LogP contribution in [0.5, 0.6) is 0 Å². The van der Waals surface area contributed by atoms with Gasteiger partial charge in [0, 0.05) is 39.0 Å². The zero-order chi connectivity index (χ0) is 18.2. The number of thiophene rings is 1. The standard InChI is InChI=1S/C17H23F2N3O2S/c1-17(18,19)15-10-12(20-21(15)2)13-4-5-14(25-13)16(23)22-8-6-11(24-3)7-9-22/h4-5,10-11,16,23H,6-9H2,1-3H3. The second kappa shape index (κ2) is 7.11. The van der Waals surface area contributed by atoms with Crippen molar-refractivity contribution in [3.8, 4) is 10.6 Å². The van der Waals surface area contributed by atoms with E-state index in [1.54, 1.807) is 7.11 Å². The summed E-state index contributed by atoms with van der Waals surface area (Å²) in [6.45, 7) is 2.40. The summed E-state index contributed by atoms with van der Waals surface area (Å²) in [6, 6.07) is 5.07. The second-order valence-electron chi connectivity index (χ2n) is 6.47. The van der Waals surface area contributed by atoms with Gasteiger partial charge in [-0.25, -0.2) is 0 Å². The molecule has 2 aromatic rings. The van der Waals surface area contributed by atoms with E-state index >= 15 is 0 Å². The van der Waals surface area contributed by atoms with Crippen molar-refractivity contribution in [1.82, 2.24) is 14.7 Å². The Morgan fingerprint density at radius 1 is 1.36 bits per heavy atom. The highest BCUT2D eigenvalue weighted by Gasteiger charge is 2.30. The van der Waals surface area contributed by atoms with Gasteiger partial charge in [0.05, 0.1) is 11.0 Å². The van der Waals surface area contributed by atoms with Gasteiger partial charge in [-0.1, -0.05) is 0 Å². The van der Waals surface area contributed by atoms with Crippen LogP contribution in [0.2, 0.25) is 0 Å². The number of ether oxygens (including phenoxy) is 1.